The number of carbonyl (C=O) groups excluding carboxylic acids is 2. The van der Waals surface area contributed by atoms with Crippen molar-refractivity contribution in [3.05, 3.63) is 46.6 Å². The molecule has 0 saturated carbocycles. The van der Waals surface area contributed by atoms with E-state index >= 15 is 0 Å². The lowest BCUT2D eigenvalue weighted by Gasteiger charge is -2.38. The normalized spacial score (nSPS) is 17.0. The Morgan fingerprint density at radius 1 is 1.31 bits per heavy atom. The summed E-state index contributed by atoms with van der Waals surface area (Å²) in [6, 6.07) is 8.32. The number of amides is 2. The third-order valence-electron chi connectivity index (χ3n) is 4.82. The Kier molecular flexibility index (Phi) is 5.25. The van der Waals surface area contributed by atoms with Crippen molar-refractivity contribution in [1.29, 1.82) is 0 Å². The first-order chi connectivity index (χ1) is 13.9. The number of rotatable bonds is 3. The zero-order chi connectivity index (χ0) is 20.5. The average molecular weight is 432 g/mol. The third-order valence-corrected chi connectivity index (χ3v) is 5.93. The van der Waals surface area contributed by atoms with Crippen molar-refractivity contribution in [3.63, 3.8) is 0 Å². The van der Waals surface area contributed by atoms with Gasteiger partial charge in [-0.3, -0.25) is 9.69 Å². The van der Waals surface area contributed by atoms with Crippen LogP contribution in [0.25, 0.3) is 10.9 Å². The number of thiophene rings is 1. The number of hydrogen-bond donors (Lipinski definition) is 1. The summed E-state index contributed by atoms with van der Waals surface area (Å²) in [5.74, 6) is 0.283. The summed E-state index contributed by atoms with van der Waals surface area (Å²) in [6.45, 7) is 2.92. The van der Waals surface area contributed by atoms with Gasteiger partial charge in [-0.15, -0.1) is 0 Å². The van der Waals surface area contributed by atoms with Crippen LogP contribution in [0.3, 0.4) is 0 Å². The second kappa shape index (κ2) is 7.84. The maximum atomic E-state index is 12.8. The number of anilines is 1. The van der Waals surface area contributed by atoms with Crippen molar-refractivity contribution in [2.24, 2.45) is 0 Å². The highest BCUT2D eigenvalue weighted by atomic mass is 35.5. The molecule has 10 heteroatoms. The summed E-state index contributed by atoms with van der Waals surface area (Å²) < 4.78 is 5.86. The predicted molar refractivity (Wildman–Crippen MR) is 111 cm³/mol. The Hall–Kier alpha value is -2.91. The highest BCUT2D eigenvalue weighted by molar-refractivity contribution is 7.17. The molecular formula is C19H18ClN5O3S. The smallest absolute Gasteiger partial charge is 0.399 e. The largest absolute Gasteiger partial charge is 0.416 e. The Labute approximate surface area is 175 Å². The molecule has 1 aliphatic rings. The van der Waals surface area contributed by atoms with Crippen molar-refractivity contribution in [2.45, 2.75) is 19.5 Å². The first-order valence-corrected chi connectivity index (χ1v) is 10.1. The van der Waals surface area contributed by atoms with Crippen molar-refractivity contribution in [1.82, 2.24) is 19.8 Å². The number of carbonyl (C=O) groups is 2. The number of hydrogen-bond acceptors (Lipinski definition) is 7. The van der Waals surface area contributed by atoms with Gasteiger partial charge in [-0.05, 0) is 36.8 Å². The van der Waals surface area contributed by atoms with Crippen LogP contribution in [0, 0.1) is 0 Å². The van der Waals surface area contributed by atoms with Crippen LogP contribution < -0.4 is 10.5 Å². The lowest BCUT2D eigenvalue weighted by atomic mass is 10.1. The van der Waals surface area contributed by atoms with Crippen LogP contribution in [-0.2, 0) is 11.3 Å². The molecule has 3 aromatic rings. The molecule has 1 saturated heterocycles. The molecule has 2 aromatic heterocycles. The summed E-state index contributed by atoms with van der Waals surface area (Å²) in [6.07, 6.45) is 0.863. The van der Waals surface area contributed by atoms with E-state index in [2.05, 4.69) is 9.97 Å². The Morgan fingerprint density at radius 2 is 2.14 bits per heavy atom. The minimum absolute atomic E-state index is 0.139. The van der Waals surface area contributed by atoms with Crippen LogP contribution in [0.5, 0.6) is 5.06 Å². The fourth-order valence-electron chi connectivity index (χ4n) is 3.28. The fraction of sp³-hybridized carbons (Fsp3) is 0.263. The van der Waals surface area contributed by atoms with Gasteiger partial charge in [-0.2, -0.15) is 0 Å². The van der Waals surface area contributed by atoms with E-state index in [0.29, 0.717) is 34.9 Å². The van der Waals surface area contributed by atoms with Crippen molar-refractivity contribution >= 4 is 51.7 Å². The van der Waals surface area contributed by atoms with Gasteiger partial charge in [0.2, 0.25) is 5.91 Å². The molecule has 0 aliphatic carbocycles. The Morgan fingerprint density at radius 3 is 2.90 bits per heavy atom. The van der Waals surface area contributed by atoms with E-state index in [9.17, 15) is 9.59 Å². The van der Waals surface area contributed by atoms with E-state index in [1.165, 1.54) is 22.6 Å². The summed E-state index contributed by atoms with van der Waals surface area (Å²) in [5, 5.41) is 1.18. The number of nitrogens with two attached hydrogens (primary N) is 1. The van der Waals surface area contributed by atoms with Gasteiger partial charge in [-0.1, -0.05) is 29.0 Å². The van der Waals surface area contributed by atoms with E-state index < -0.39 is 12.1 Å². The number of benzene rings is 1. The summed E-state index contributed by atoms with van der Waals surface area (Å²) in [5.41, 5.74) is 7.52. The molecule has 1 atom stereocenters. The molecule has 8 nitrogen and oxygen atoms in total. The quantitative estimate of drug-likeness (QED) is 0.683. The molecule has 0 spiro atoms. The first-order valence-electron chi connectivity index (χ1n) is 8.94. The molecule has 4 rings (SSSR count). The molecule has 2 amide bonds. The first kappa shape index (κ1) is 19.4. The summed E-state index contributed by atoms with van der Waals surface area (Å²) >= 11 is 7.03. The highest BCUT2D eigenvalue weighted by Gasteiger charge is 2.35. The van der Waals surface area contributed by atoms with Crippen molar-refractivity contribution < 1.29 is 14.3 Å². The molecule has 0 unspecified atom stereocenters. The molecule has 2 N–H and O–H groups in total. The lowest BCUT2D eigenvalue weighted by molar-refractivity contribution is -0.140. The standard InChI is InChI=1S/C19H18ClN5O3S/c1-11-18(26)24(6-7-25(11)19(27)28-16-5-4-15(20)29-16)9-12-2-3-13-14(8-12)22-10-23-17(13)21/h2-5,8,10-11H,6-7,9H2,1H3,(H2,21,22,23)/t11-/m0/s1. The van der Waals surface area contributed by atoms with Gasteiger partial charge in [-0.25, -0.2) is 14.8 Å². The number of nitrogen functional groups attached to an aromatic ring is 1. The van der Waals surface area contributed by atoms with Crippen LogP contribution >= 0.6 is 22.9 Å². The predicted octanol–water partition coefficient (Wildman–Crippen LogP) is 3.16. The Bertz CT molecular complexity index is 1090. The van der Waals surface area contributed by atoms with Gasteiger partial charge >= 0.3 is 6.09 Å². The van der Waals surface area contributed by atoms with E-state index in [4.69, 9.17) is 22.1 Å². The van der Waals surface area contributed by atoms with E-state index in [-0.39, 0.29) is 5.91 Å². The van der Waals surface area contributed by atoms with Gasteiger partial charge in [0.1, 0.15) is 18.2 Å². The van der Waals surface area contributed by atoms with Crippen LogP contribution in [0.4, 0.5) is 10.6 Å². The number of nitrogens with zero attached hydrogens (tertiary/aromatic N) is 4. The highest BCUT2D eigenvalue weighted by Crippen LogP contribution is 2.29. The number of fused-ring (bicyclic) bond motifs is 1. The van der Waals surface area contributed by atoms with Crippen LogP contribution in [-0.4, -0.2) is 50.9 Å². The fourth-order valence-corrected chi connectivity index (χ4v) is 4.14. The van der Waals surface area contributed by atoms with Gasteiger partial charge in [0, 0.05) is 25.0 Å². The maximum absolute atomic E-state index is 12.8. The molecule has 150 valence electrons. The lowest BCUT2D eigenvalue weighted by Crippen LogP contribution is -2.57. The molecule has 1 fully saturated rings. The van der Waals surface area contributed by atoms with Gasteiger partial charge in [0.25, 0.3) is 0 Å². The molecule has 1 aliphatic heterocycles. The van der Waals surface area contributed by atoms with E-state index in [1.807, 2.05) is 18.2 Å². The number of ether oxygens (including phenoxy) is 1. The minimum atomic E-state index is -0.620. The molecule has 3 heterocycles. The van der Waals surface area contributed by atoms with Crippen molar-refractivity contribution in [3.8, 4) is 5.06 Å². The maximum Gasteiger partial charge on any atom is 0.416 e. The third kappa shape index (κ3) is 3.96. The van der Waals surface area contributed by atoms with Crippen LogP contribution in [0.2, 0.25) is 4.34 Å². The summed E-state index contributed by atoms with van der Waals surface area (Å²) in [7, 11) is 0. The second-order valence-corrected chi connectivity index (χ2v) is 8.34. The molecular weight excluding hydrogens is 414 g/mol. The van der Waals surface area contributed by atoms with Crippen LogP contribution in [0.1, 0.15) is 12.5 Å². The average Bonchev–Trinajstić information content (AvgIpc) is 3.10. The molecule has 1 aromatic carbocycles. The van der Waals surface area contributed by atoms with Gasteiger partial charge in [0.15, 0.2) is 5.06 Å². The monoisotopic (exact) mass is 431 g/mol. The van der Waals surface area contributed by atoms with E-state index in [1.54, 1.807) is 24.0 Å². The SMILES string of the molecule is C[C@H]1C(=O)N(Cc2ccc3c(N)ncnc3c2)CCN1C(=O)Oc1ccc(Cl)s1. The van der Waals surface area contributed by atoms with Gasteiger partial charge < -0.3 is 15.4 Å². The summed E-state index contributed by atoms with van der Waals surface area (Å²) in [4.78, 5) is 36.6. The topological polar surface area (TPSA) is 102 Å². The number of halogens is 1. The molecule has 0 radical (unpaired) electrons. The molecule has 29 heavy (non-hydrogen) atoms. The number of piperazine rings is 1. The van der Waals surface area contributed by atoms with Crippen LogP contribution in [0.15, 0.2) is 36.7 Å². The number of aromatic nitrogens is 2. The van der Waals surface area contributed by atoms with E-state index in [0.717, 1.165) is 16.5 Å². The minimum Gasteiger partial charge on any atom is -0.399 e. The zero-order valence-electron chi connectivity index (χ0n) is 15.5. The second-order valence-electron chi connectivity index (χ2n) is 6.67. The molecule has 0 bridgehead atoms. The van der Waals surface area contributed by atoms with Crippen molar-refractivity contribution in [2.75, 3.05) is 18.8 Å². The Balaban J connectivity index is 1.44. The van der Waals surface area contributed by atoms with Gasteiger partial charge in [0.05, 0.1) is 9.85 Å². The zero-order valence-corrected chi connectivity index (χ0v) is 17.1.